The zero-order valence-electron chi connectivity index (χ0n) is 10.2. The van der Waals surface area contributed by atoms with Crippen LogP contribution in [-0.2, 0) is 12.8 Å². The fourth-order valence-corrected chi connectivity index (χ4v) is 10.3. The molecule has 0 fully saturated rings. The lowest BCUT2D eigenvalue weighted by Crippen LogP contribution is -1.84. The lowest BCUT2D eigenvalue weighted by molar-refractivity contribution is 1.07. The van der Waals surface area contributed by atoms with Crippen LogP contribution < -0.4 is 0 Å². The van der Waals surface area contributed by atoms with Gasteiger partial charge in [0.15, 0.2) is 0 Å². The average molecular weight is 570 g/mol. The van der Waals surface area contributed by atoms with Crippen LogP contribution in [0.4, 0.5) is 0 Å². The first-order valence-electron chi connectivity index (χ1n) is 5.60. The molecule has 0 N–H and O–H groups in total. The van der Waals surface area contributed by atoms with Crippen molar-refractivity contribution in [3.05, 3.63) is 26.3 Å². The van der Waals surface area contributed by atoms with E-state index >= 15 is 0 Å². The molecule has 2 aromatic rings. The highest BCUT2D eigenvalue weighted by Crippen LogP contribution is 2.51. The van der Waals surface area contributed by atoms with E-state index in [9.17, 15) is 0 Å². The third-order valence-electron chi connectivity index (χ3n) is 2.65. The standard InChI is InChI=1S/C12H10Br4S3/c1-3-5-7(11(15)18-9(5)13)17-8-6(4-2)10(14)19-12(8)16/h3-4H2,1-2H3. The minimum absolute atomic E-state index is 1.04. The molecule has 104 valence electrons. The average Bonchev–Trinajstić information content (AvgIpc) is 2.77. The molecule has 0 bridgehead atoms. The van der Waals surface area contributed by atoms with Crippen molar-refractivity contribution in [1.29, 1.82) is 0 Å². The molecule has 0 nitrogen and oxygen atoms in total. The summed E-state index contributed by atoms with van der Waals surface area (Å²) in [6.45, 7) is 4.39. The zero-order valence-corrected chi connectivity index (χ0v) is 18.9. The van der Waals surface area contributed by atoms with Crippen LogP contribution in [0.1, 0.15) is 25.0 Å². The van der Waals surface area contributed by atoms with Gasteiger partial charge in [0.1, 0.15) is 0 Å². The quantitative estimate of drug-likeness (QED) is 0.358. The second-order valence-corrected chi connectivity index (χ2v) is 12.1. The zero-order chi connectivity index (χ0) is 14.2. The van der Waals surface area contributed by atoms with Crippen molar-refractivity contribution in [2.75, 3.05) is 0 Å². The third kappa shape index (κ3) is 3.54. The molecule has 2 aromatic heterocycles. The molecule has 0 saturated carbocycles. The lowest BCUT2D eigenvalue weighted by Gasteiger charge is -2.06. The first-order chi connectivity index (χ1) is 8.99. The maximum absolute atomic E-state index is 3.69. The molecule has 7 heteroatoms. The van der Waals surface area contributed by atoms with Crippen LogP contribution >= 0.6 is 98.2 Å². The van der Waals surface area contributed by atoms with E-state index in [0.717, 1.165) is 12.8 Å². The van der Waals surface area contributed by atoms with Gasteiger partial charge >= 0.3 is 0 Å². The van der Waals surface area contributed by atoms with Crippen molar-refractivity contribution in [3.8, 4) is 0 Å². The fraction of sp³-hybridized carbons (Fsp3) is 0.333. The van der Waals surface area contributed by atoms with Gasteiger partial charge in [0.25, 0.3) is 0 Å². The van der Waals surface area contributed by atoms with Gasteiger partial charge < -0.3 is 0 Å². The molecule has 0 saturated heterocycles. The van der Waals surface area contributed by atoms with Crippen molar-refractivity contribution in [1.82, 2.24) is 0 Å². The molecular formula is C12H10Br4S3. The summed E-state index contributed by atoms with van der Waals surface area (Å²) in [5, 5.41) is 0. The van der Waals surface area contributed by atoms with E-state index in [4.69, 9.17) is 0 Å². The number of rotatable bonds is 4. The maximum atomic E-state index is 3.69. The van der Waals surface area contributed by atoms with Crippen LogP contribution in [0.5, 0.6) is 0 Å². The largest absolute Gasteiger partial charge is 0.120 e. The SMILES string of the molecule is CCc1c(Br)sc(Br)c1Sc1c(Br)sc(Br)c1CC. The summed E-state index contributed by atoms with van der Waals surface area (Å²) in [5.74, 6) is 0. The molecule has 0 aliphatic rings. The molecule has 0 aromatic carbocycles. The summed E-state index contributed by atoms with van der Waals surface area (Å²) < 4.78 is 4.87. The first kappa shape index (κ1) is 17.0. The molecule has 2 heterocycles. The second kappa shape index (κ2) is 7.29. The Balaban J connectivity index is 2.47. The van der Waals surface area contributed by atoms with Gasteiger partial charge in [0.05, 0.1) is 15.1 Å². The van der Waals surface area contributed by atoms with E-state index in [0.29, 0.717) is 0 Å². The molecule has 0 amide bonds. The highest BCUT2D eigenvalue weighted by Gasteiger charge is 2.20. The van der Waals surface area contributed by atoms with E-state index in [1.165, 1.54) is 36.1 Å². The lowest BCUT2D eigenvalue weighted by atomic mass is 10.3. The topological polar surface area (TPSA) is 0 Å². The molecule has 0 unspecified atom stereocenters. The maximum Gasteiger partial charge on any atom is 0.0852 e. The first-order valence-corrected chi connectivity index (χ1v) is 11.2. The highest BCUT2D eigenvalue weighted by molar-refractivity contribution is 9.12. The molecule has 0 aliphatic carbocycles. The van der Waals surface area contributed by atoms with E-state index < -0.39 is 0 Å². The van der Waals surface area contributed by atoms with Crippen molar-refractivity contribution in [2.45, 2.75) is 36.5 Å². The minimum atomic E-state index is 1.04. The van der Waals surface area contributed by atoms with Crippen molar-refractivity contribution in [2.24, 2.45) is 0 Å². The van der Waals surface area contributed by atoms with Gasteiger partial charge in [-0.2, -0.15) is 0 Å². The van der Waals surface area contributed by atoms with Gasteiger partial charge in [-0.25, -0.2) is 0 Å². The number of thiophene rings is 2. The van der Waals surface area contributed by atoms with Gasteiger partial charge in [-0.1, -0.05) is 25.6 Å². The minimum Gasteiger partial charge on any atom is -0.120 e. The van der Waals surface area contributed by atoms with Crippen molar-refractivity contribution >= 4 is 98.2 Å². The Morgan fingerprint density at radius 2 is 1.11 bits per heavy atom. The van der Waals surface area contributed by atoms with Crippen LogP contribution in [0.3, 0.4) is 0 Å². The summed E-state index contributed by atoms with van der Waals surface area (Å²) in [7, 11) is 0. The van der Waals surface area contributed by atoms with Gasteiger partial charge in [-0.05, 0) is 87.7 Å². The molecule has 0 radical (unpaired) electrons. The summed E-state index contributed by atoms with van der Waals surface area (Å²) in [6, 6.07) is 0. The van der Waals surface area contributed by atoms with Crippen molar-refractivity contribution < 1.29 is 0 Å². The van der Waals surface area contributed by atoms with E-state index in [-0.39, 0.29) is 0 Å². The van der Waals surface area contributed by atoms with Gasteiger partial charge in [-0.15, -0.1) is 22.7 Å². The number of hydrogen-bond donors (Lipinski definition) is 0. The monoisotopic (exact) mass is 566 g/mol. The van der Waals surface area contributed by atoms with Crippen molar-refractivity contribution in [3.63, 3.8) is 0 Å². The normalized spacial score (nSPS) is 11.3. The van der Waals surface area contributed by atoms with Crippen LogP contribution in [0.2, 0.25) is 0 Å². The smallest absolute Gasteiger partial charge is 0.0852 e. The van der Waals surface area contributed by atoms with Gasteiger partial charge in [0.2, 0.25) is 0 Å². The summed E-state index contributed by atoms with van der Waals surface area (Å²) >= 11 is 20.1. The van der Waals surface area contributed by atoms with Gasteiger partial charge in [-0.3, -0.25) is 0 Å². The molecule has 2 rings (SSSR count). The Morgan fingerprint density at radius 3 is 1.42 bits per heavy atom. The molecule has 0 aliphatic heterocycles. The Kier molecular flexibility index (Phi) is 6.53. The molecule has 0 spiro atoms. The number of hydrogen-bond acceptors (Lipinski definition) is 3. The van der Waals surface area contributed by atoms with E-state index in [1.54, 1.807) is 22.7 Å². The van der Waals surface area contributed by atoms with Gasteiger partial charge in [0, 0.05) is 9.79 Å². The number of halogens is 4. The van der Waals surface area contributed by atoms with E-state index in [1.807, 2.05) is 11.8 Å². The highest BCUT2D eigenvalue weighted by atomic mass is 79.9. The summed E-state index contributed by atoms with van der Waals surface area (Å²) in [4.78, 5) is 2.67. The van der Waals surface area contributed by atoms with Crippen LogP contribution in [0, 0.1) is 0 Å². The Hall–Kier alpha value is 1.67. The van der Waals surface area contributed by atoms with Crippen LogP contribution in [0.25, 0.3) is 0 Å². The summed E-state index contributed by atoms with van der Waals surface area (Å²) in [6.07, 6.45) is 2.07. The Morgan fingerprint density at radius 1 is 0.737 bits per heavy atom. The molecular weight excluding hydrogens is 560 g/mol. The van der Waals surface area contributed by atoms with Crippen LogP contribution in [-0.4, -0.2) is 0 Å². The Labute approximate surface area is 159 Å². The summed E-state index contributed by atoms with van der Waals surface area (Å²) in [5.41, 5.74) is 2.77. The predicted octanol–water partition coefficient (Wildman–Crippen LogP) is 8.14. The Bertz CT molecular complexity index is 548. The van der Waals surface area contributed by atoms with E-state index in [2.05, 4.69) is 77.6 Å². The van der Waals surface area contributed by atoms with Crippen LogP contribution in [0.15, 0.2) is 24.9 Å². The molecule has 0 atom stereocenters. The molecule has 19 heavy (non-hydrogen) atoms. The fourth-order valence-electron chi connectivity index (χ4n) is 1.69. The predicted molar refractivity (Wildman–Crippen MR) is 102 cm³/mol. The third-order valence-corrected chi connectivity index (χ3v) is 10.1. The second-order valence-electron chi connectivity index (χ2n) is 3.72.